The number of aliphatic carboxylic acids is 2. The van der Waals surface area contributed by atoms with Crippen LogP contribution in [0.4, 0.5) is 10.5 Å². The lowest BCUT2D eigenvalue weighted by atomic mass is 9.83. The van der Waals surface area contributed by atoms with E-state index in [1.807, 2.05) is 33.9 Å². The Hall–Kier alpha value is -2.61. The monoisotopic (exact) mass is 443 g/mol. The Labute approximate surface area is 188 Å². The minimum atomic E-state index is -0.799. The third kappa shape index (κ3) is 4.75. The zero-order valence-corrected chi connectivity index (χ0v) is 18.7. The molecular formula is C24H33N3O5. The van der Waals surface area contributed by atoms with Gasteiger partial charge in [-0.15, -0.1) is 0 Å². The van der Waals surface area contributed by atoms with Gasteiger partial charge < -0.3 is 15.1 Å². The zero-order valence-electron chi connectivity index (χ0n) is 18.7. The van der Waals surface area contributed by atoms with Crippen LogP contribution in [0, 0.1) is 5.92 Å². The molecule has 1 aliphatic carbocycles. The van der Waals surface area contributed by atoms with Crippen LogP contribution in [0.1, 0.15) is 49.7 Å². The van der Waals surface area contributed by atoms with Crippen molar-refractivity contribution < 1.29 is 24.6 Å². The van der Waals surface area contributed by atoms with E-state index in [0.717, 1.165) is 55.3 Å². The average Bonchev–Trinajstić information content (AvgIpc) is 3.07. The fraction of sp³-hybridized carbons (Fsp3) is 0.625. The molecule has 1 saturated carbocycles. The first-order chi connectivity index (χ1) is 15.3. The molecule has 1 aromatic carbocycles. The van der Waals surface area contributed by atoms with Crippen molar-refractivity contribution in [2.24, 2.45) is 5.92 Å². The normalized spacial score (nSPS) is 26.7. The predicted molar refractivity (Wildman–Crippen MR) is 120 cm³/mol. The van der Waals surface area contributed by atoms with E-state index in [1.54, 1.807) is 0 Å². The number of amides is 2. The Morgan fingerprint density at radius 3 is 2.47 bits per heavy atom. The van der Waals surface area contributed by atoms with E-state index in [1.165, 1.54) is 0 Å². The van der Waals surface area contributed by atoms with Gasteiger partial charge in [0.2, 0.25) is 0 Å². The molecule has 1 unspecified atom stereocenters. The minimum absolute atomic E-state index is 0.0492. The van der Waals surface area contributed by atoms with Gasteiger partial charge in [0.05, 0.1) is 0 Å². The molecule has 0 radical (unpaired) electrons. The third-order valence-corrected chi connectivity index (χ3v) is 7.53. The van der Waals surface area contributed by atoms with Gasteiger partial charge in [0, 0.05) is 37.8 Å². The first-order valence-electron chi connectivity index (χ1n) is 11.7. The van der Waals surface area contributed by atoms with Crippen LogP contribution in [0.15, 0.2) is 18.2 Å². The van der Waals surface area contributed by atoms with Crippen LogP contribution in [0.3, 0.4) is 0 Å². The molecule has 2 N–H and O–H groups in total. The fourth-order valence-corrected chi connectivity index (χ4v) is 5.51. The molecule has 32 heavy (non-hydrogen) atoms. The SMILES string of the molecule is CN1CCc2cc(N3CCN(C4CCC(CCC(=O)O)CC4)C3=O)ccc2CC1C(=O)O. The molecule has 8 heteroatoms. The molecule has 1 saturated heterocycles. The smallest absolute Gasteiger partial charge is 0.324 e. The summed E-state index contributed by atoms with van der Waals surface area (Å²) >= 11 is 0. The number of urea groups is 1. The molecule has 2 heterocycles. The number of likely N-dealkylation sites (N-methyl/N-ethyl adjacent to an activating group) is 1. The standard InChI is InChI=1S/C24H33N3O5/c1-25-11-10-18-14-20(8-5-17(18)15-21(25)23(30)31)27-13-12-26(24(27)32)19-6-2-16(3-7-19)4-9-22(28)29/h5,8,14,16,19,21H,2-4,6-7,9-13,15H2,1H3,(H,28,29)(H,30,31). The first-order valence-corrected chi connectivity index (χ1v) is 11.7. The van der Waals surface area contributed by atoms with Gasteiger partial charge in [-0.25, -0.2) is 4.79 Å². The van der Waals surface area contributed by atoms with E-state index >= 15 is 0 Å². The summed E-state index contributed by atoms with van der Waals surface area (Å²) in [7, 11) is 1.85. The van der Waals surface area contributed by atoms with Crippen LogP contribution in [-0.4, -0.2) is 76.7 Å². The van der Waals surface area contributed by atoms with Crippen LogP contribution in [0.25, 0.3) is 0 Å². The number of rotatable bonds is 6. The summed E-state index contributed by atoms with van der Waals surface area (Å²) in [4.78, 5) is 41.4. The number of carbonyl (C=O) groups is 3. The van der Waals surface area contributed by atoms with Crippen LogP contribution in [0.2, 0.25) is 0 Å². The number of carboxylic acids is 2. The van der Waals surface area contributed by atoms with E-state index in [-0.39, 0.29) is 18.5 Å². The van der Waals surface area contributed by atoms with Gasteiger partial charge in [-0.05, 0) is 81.2 Å². The first kappa shape index (κ1) is 22.6. The van der Waals surface area contributed by atoms with E-state index in [2.05, 4.69) is 6.07 Å². The Bertz CT molecular complexity index is 880. The van der Waals surface area contributed by atoms with Gasteiger partial charge in [0.25, 0.3) is 0 Å². The molecule has 3 aliphatic rings. The number of carboxylic acid groups (broad SMARTS) is 2. The topological polar surface area (TPSA) is 101 Å². The molecule has 0 bridgehead atoms. The Morgan fingerprint density at radius 1 is 1.03 bits per heavy atom. The van der Waals surface area contributed by atoms with Gasteiger partial charge >= 0.3 is 18.0 Å². The maximum absolute atomic E-state index is 13.2. The van der Waals surface area contributed by atoms with Gasteiger partial charge in [-0.3, -0.25) is 19.4 Å². The van der Waals surface area contributed by atoms with Crippen molar-refractivity contribution in [3.8, 4) is 0 Å². The quantitative estimate of drug-likeness (QED) is 0.701. The van der Waals surface area contributed by atoms with Crippen molar-refractivity contribution in [2.45, 2.75) is 63.5 Å². The third-order valence-electron chi connectivity index (χ3n) is 7.53. The number of hydrogen-bond donors (Lipinski definition) is 2. The van der Waals surface area contributed by atoms with Crippen LogP contribution >= 0.6 is 0 Å². The second-order valence-electron chi connectivity index (χ2n) is 9.48. The van der Waals surface area contributed by atoms with Crippen LogP contribution in [-0.2, 0) is 22.4 Å². The summed E-state index contributed by atoms with van der Waals surface area (Å²) in [5, 5.41) is 18.4. The summed E-state index contributed by atoms with van der Waals surface area (Å²) in [6.07, 6.45) is 6.07. The molecule has 2 amide bonds. The van der Waals surface area contributed by atoms with Crippen molar-refractivity contribution in [3.05, 3.63) is 29.3 Å². The number of benzene rings is 1. The highest BCUT2D eigenvalue weighted by molar-refractivity contribution is 5.94. The predicted octanol–water partition coefficient (Wildman–Crippen LogP) is 2.84. The van der Waals surface area contributed by atoms with Crippen molar-refractivity contribution in [2.75, 3.05) is 31.6 Å². The van der Waals surface area contributed by atoms with Crippen molar-refractivity contribution in [1.82, 2.24) is 9.80 Å². The molecule has 8 nitrogen and oxygen atoms in total. The highest BCUT2D eigenvalue weighted by Crippen LogP contribution is 2.34. The summed E-state index contributed by atoms with van der Waals surface area (Å²) in [5.74, 6) is -1.08. The van der Waals surface area contributed by atoms with Crippen LogP contribution < -0.4 is 4.90 Å². The lowest BCUT2D eigenvalue weighted by Crippen LogP contribution is -2.41. The number of fused-ring (bicyclic) bond motifs is 1. The summed E-state index contributed by atoms with van der Waals surface area (Å²) in [6.45, 7) is 2.05. The summed E-state index contributed by atoms with van der Waals surface area (Å²) < 4.78 is 0. The van der Waals surface area contributed by atoms with Crippen LogP contribution in [0.5, 0.6) is 0 Å². The van der Waals surface area contributed by atoms with E-state index in [4.69, 9.17) is 5.11 Å². The van der Waals surface area contributed by atoms with Crippen molar-refractivity contribution >= 4 is 23.7 Å². The molecule has 0 spiro atoms. The Kier molecular flexibility index (Phi) is 6.69. The second-order valence-corrected chi connectivity index (χ2v) is 9.48. The molecule has 1 atom stereocenters. The summed E-state index contributed by atoms with van der Waals surface area (Å²) in [6, 6.07) is 5.78. The number of nitrogens with zero attached hydrogens (tertiary/aromatic N) is 3. The van der Waals surface area contributed by atoms with Crippen molar-refractivity contribution in [1.29, 1.82) is 0 Å². The van der Waals surface area contributed by atoms with Gasteiger partial charge in [-0.1, -0.05) is 6.07 Å². The molecule has 174 valence electrons. The molecule has 2 fully saturated rings. The number of hydrogen-bond acceptors (Lipinski definition) is 4. The molecule has 4 rings (SSSR count). The molecule has 1 aromatic rings. The number of anilines is 1. The van der Waals surface area contributed by atoms with E-state index < -0.39 is 18.0 Å². The fourth-order valence-electron chi connectivity index (χ4n) is 5.51. The number of carbonyl (C=O) groups excluding carboxylic acids is 1. The lowest BCUT2D eigenvalue weighted by Gasteiger charge is -2.34. The molecule has 0 aromatic heterocycles. The zero-order chi connectivity index (χ0) is 22.8. The summed E-state index contributed by atoms with van der Waals surface area (Å²) in [5.41, 5.74) is 3.07. The highest BCUT2D eigenvalue weighted by atomic mass is 16.4. The lowest BCUT2D eigenvalue weighted by molar-refractivity contribution is -0.142. The largest absolute Gasteiger partial charge is 0.481 e. The van der Waals surface area contributed by atoms with Crippen molar-refractivity contribution in [3.63, 3.8) is 0 Å². The van der Waals surface area contributed by atoms with Gasteiger partial charge in [0.1, 0.15) is 6.04 Å². The molecular weight excluding hydrogens is 410 g/mol. The van der Waals surface area contributed by atoms with E-state index in [0.29, 0.717) is 32.0 Å². The maximum Gasteiger partial charge on any atom is 0.324 e. The second kappa shape index (κ2) is 9.48. The minimum Gasteiger partial charge on any atom is -0.481 e. The van der Waals surface area contributed by atoms with E-state index in [9.17, 15) is 19.5 Å². The Balaban J connectivity index is 1.39. The Morgan fingerprint density at radius 2 is 1.78 bits per heavy atom. The average molecular weight is 444 g/mol. The van der Waals surface area contributed by atoms with Gasteiger partial charge in [-0.2, -0.15) is 0 Å². The highest BCUT2D eigenvalue weighted by Gasteiger charge is 2.37. The van der Waals surface area contributed by atoms with Gasteiger partial charge in [0.15, 0.2) is 0 Å². The molecule has 2 aliphatic heterocycles. The maximum atomic E-state index is 13.2.